The second-order valence-electron chi connectivity index (χ2n) is 8.07. The Labute approximate surface area is 132 Å². The highest BCUT2D eigenvalue weighted by molar-refractivity contribution is 7.99. The third-order valence-corrected chi connectivity index (χ3v) is 7.81. The number of methoxy groups -OCH3 is 1. The van der Waals surface area contributed by atoms with Crippen molar-refractivity contribution in [1.82, 2.24) is 5.32 Å². The average molecular weight is 309 g/mol. The van der Waals surface area contributed by atoms with Crippen LogP contribution in [-0.2, 0) is 9.53 Å². The average Bonchev–Trinajstić information content (AvgIpc) is 2.93. The molecule has 0 spiro atoms. The van der Waals surface area contributed by atoms with E-state index in [-0.39, 0.29) is 11.0 Å². The molecule has 1 amide bonds. The van der Waals surface area contributed by atoms with Crippen LogP contribution in [0.4, 0.5) is 0 Å². The summed E-state index contributed by atoms with van der Waals surface area (Å²) in [6.07, 6.45) is 8.70. The third kappa shape index (κ3) is 2.42. The van der Waals surface area contributed by atoms with Gasteiger partial charge in [-0.3, -0.25) is 4.79 Å². The molecule has 1 saturated heterocycles. The van der Waals surface area contributed by atoms with Gasteiger partial charge in [-0.25, -0.2) is 0 Å². The van der Waals surface area contributed by atoms with Crippen LogP contribution in [0.15, 0.2) is 0 Å². The Morgan fingerprint density at radius 3 is 2.29 bits per heavy atom. The lowest BCUT2D eigenvalue weighted by molar-refractivity contribution is -0.147. The predicted octanol–water partition coefficient (Wildman–Crippen LogP) is 2.84. The summed E-state index contributed by atoms with van der Waals surface area (Å²) in [5, 5.41) is 3.30. The molecule has 4 heteroatoms. The van der Waals surface area contributed by atoms with Crippen LogP contribution in [0.1, 0.15) is 44.9 Å². The fourth-order valence-electron chi connectivity index (χ4n) is 5.78. The molecule has 4 saturated carbocycles. The quantitative estimate of drug-likeness (QED) is 0.868. The Kier molecular flexibility index (Phi) is 3.53. The monoisotopic (exact) mass is 309 g/mol. The van der Waals surface area contributed by atoms with Crippen molar-refractivity contribution in [3.05, 3.63) is 0 Å². The fraction of sp³-hybridized carbons (Fsp3) is 0.941. The lowest BCUT2D eigenvalue weighted by atomic mass is 9.49. The molecule has 1 N–H and O–H groups in total. The molecule has 3 nitrogen and oxygen atoms in total. The number of nitrogens with one attached hydrogen (secondary N) is 1. The van der Waals surface area contributed by atoms with Crippen LogP contribution in [0.3, 0.4) is 0 Å². The Balaban J connectivity index is 1.43. The second-order valence-corrected chi connectivity index (χ2v) is 9.18. The fourth-order valence-corrected chi connectivity index (χ4v) is 7.18. The molecule has 0 radical (unpaired) electrons. The first-order valence-corrected chi connectivity index (χ1v) is 9.70. The van der Waals surface area contributed by atoms with Crippen molar-refractivity contribution in [2.45, 2.75) is 50.5 Å². The molecule has 1 aliphatic heterocycles. The summed E-state index contributed by atoms with van der Waals surface area (Å²) in [7, 11) is 1.79. The van der Waals surface area contributed by atoms with Gasteiger partial charge in [0.25, 0.3) is 0 Å². The molecule has 0 aromatic carbocycles. The highest BCUT2D eigenvalue weighted by atomic mass is 32.2. The standard InChI is InChI=1S/C17H27NO2S/c1-20-17(2-3-21-11-17)10-18-15(19)16-7-12-4-13(8-16)6-14(5-12)9-16/h12-14H,2-11H2,1H3,(H,18,19)/t12?,13?,14?,16?,17-/m0/s1. The van der Waals surface area contributed by atoms with E-state index in [2.05, 4.69) is 5.32 Å². The van der Waals surface area contributed by atoms with E-state index >= 15 is 0 Å². The van der Waals surface area contributed by atoms with Crippen molar-refractivity contribution in [2.24, 2.45) is 23.2 Å². The smallest absolute Gasteiger partial charge is 0.226 e. The minimum absolute atomic E-state index is 0.0184. The van der Waals surface area contributed by atoms with Gasteiger partial charge in [-0.05, 0) is 68.5 Å². The van der Waals surface area contributed by atoms with E-state index in [0.717, 1.165) is 54.9 Å². The summed E-state index contributed by atoms with van der Waals surface area (Å²) in [6, 6.07) is 0. The van der Waals surface area contributed by atoms with Crippen molar-refractivity contribution in [1.29, 1.82) is 0 Å². The van der Waals surface area contributed by atoms with Crippen LogP contribution in [0.2, 0.25) is 0 Å². The summed E-state index contributed by atoms with van der Waals surface area (Å²) in [6.45, 7) is 0.705. The maximum Gasteiger partial charge on any atom is 0.226 e. The van der Waals surface area contributed by atoms with Gasteiger partial charge < -0.3 is 10.1 Å². The number of carbonyl (C=O) groups excluding carboxylic acids is 1. The Morgan fingerprint density at radius 1 is 1.19 bits per heavy atom. The van der Waals surface area contributed by atoms with E-state index in [9.17, 15) is 4.79 Å². The summed E-state index contributed by atoms with van der Waals surface area (Å²) < 4.78 is 5.73. The van der Waals surface area contributed by atoms with Gasteiger partial charge in [-0.1, -0.05) is 0 Å². The SMILES string of the molecule is CO[C@]1(CNC(=O)C23CC4CC(CC(C4)C2)C3)CCSC1. The van der Waals surface area contributed by atoms with E-state index in [1.807, 2.05) is 11.8 Å². The van der Waals surface area contributed by atoms with E-state index in [1.165, 1.54) is 19.3 Å². The molecule has 0 aromatic heterocycles. The molecular weight excluding hydrogens is 282 g/mol. The van der Waals surface area contributed by atoms with E-state index < -0.39 is 0 Å². The number of rotatable bonds is 4. The van der Waals surface area contributed by atoms with Crippen molar-refractivity contribution in [2.75, 3.05) is 25.2 Å². The summed E-state index contributed by atoms with van der Waals surface area (Å²) in [4.78, 5) is 12.9. The number of ether oxygens (including phenoxy) is 1. The van der Waals surface area contributed by atoms with Crippen LogP contribution >= 0.6 is 11.8 Å². The highest BCUT2D eigenvalue weighted by Gasteiger charge is 2.54. The summed E-state index contributed by atoms with van der Waals surface area (Å²) in [5.74, 6) is 5.02. The first-order chi connectivity index (χ1) is 10.1. The topological polar surface area (TPSA) is 38.3 Å². The van der Waals surface area contributed by atoms with E-state index in [4.69, 9.17) is 4.74 Å². The molecule has 0 unspecified atom stereocenters. The van der Waals surface area contributed by atoms with Gasteiger partial charge in [0, 0.05) is 24.8 Å². The lowest BCUT2D eigenvalue weighted by Crippen LogP contribution is -2.56. The number of hydrogen-bond donors (Lipinski definition) is 1. The van der Waals surface area contributed by atoms with Gasteiger partial charge in [-0.15, -0.1) is 0 Å². The zero-order chi connectivity index (χ0) is 14.5. The molecule has 4 aliphatic carbocycles. The van der Waals surface area contributed by atoms with E-state index in [0.29, 0.717) is 12.5 Å². The molecule has 1 atom stereocenters. The molecule has 1 heterocycles. The zero-order valence-electron chi connectivity index (χ0n) is 13.0. The molecule has 0 aromatic rings. The van der Waals surface area contributed by atoms with Crippen LogP contribution in [0.5, 0.6) is 0 Å². The Morgan fingerprint density at radius 2 is 1.81 bits per heavy atom. The first-order valence-electron chi connectivity index (χ1n) is 8.54. The molecule has 5 rings (SSSR count). The minimum atomic E-state index is -0.109. The maximum atomic E-state index is 12.9. The van der Waals surface area contributed by atoms with E-state index in [1.54, 1.807) is 7.11 Å². The molecule has 4 bridgehead atoms. The van der Waals surface area contributed by atoms with Crippen molar-refractivity contribution >= 4 is 17.7 Å². The van der Waals surface area contributed by atoms with Gasteiger partial charge in [0.2, 0.25) is 5.91 Å². The molecule has 5 fully saturated rings. The molecular formula is C17H27NO2S. The van der Waals surface area contributed by atoms with Crippen molar-refractivity contribution in [3.63, 3.8) is 0 Å². The van der Waals surface area contributed by atoms with Crippen LogP contribution < -0.4 is 5.32 Å². The van der Waals surface area contributed by atoms with Gasteiger partial charge in [0.1, 0.15) is 0 Å². The predicted molar refractivity (Wildman–Crippen MR) is 85.3 cm³/mol. The van der Waals surface area contributed by atoms with Crippen LogP contribution in [0.25, 0.3) is 0 Å². The largest absolute Gasteiger partial charge is 0.376 e. The number of carbonyl (C=O) groups is 1. The zero-order valence-corrected chi connectivity index (χ0v) is 13.8. The van der Waals surface area contributed by atoms with Crippen molar-refractivity contribution in [3.8, 4) is 0 Å². The maximum absolute atomic E-state index is 12.9. The number of thioether (sulfide) groups is 1. The highest BCUT2D eigenvalue weighted by Crippen LogP contribution is 2.60. The Hall–Kier alpha value is -0.220. The van der Waals surface area contributed by atoms with Crippen molar-refractivity contribution < 1.29 is 9.53 Å². The molecule has 21 heavy (non-hydrogen) atoms. The number of hydrogen-bond acceptors (Lipinski definition) is 3. The summed E-state index contributed by atoms with van der Waals surface area (Å²) >= 11 is 1.94. The van der Waals surface area contributed by atoms with Crippen LogP contribution in [0, 0.1) is 23.2 Å². The summed E-state index contributed by atoms with van der Waals surface area (Å²) in [5.41, 5.74) is -0.127. The molecule has 5 aliphatic rings. The van der Waals surface area contributed by atoms with Gasteiger partial charge >= 0.3 is 0 Å². The first kappa shape index (κ1) is 14.4. The second kappa shape index (κ2) is 5.16. The Bertz CT molecular complexity index is 395. The van der Waals surface area contributed by atoms with Gasteiger partial charge in [0.05, 0.1) is 5.60 Å². The van der Waals surface area contributed by atoms with Gasteiger partial charge in [0.15, 0.2) is 0 Å². The van der Waals surface area contributed by atoms with Crippen LogP contribution in [-0.4, -0.2) is 36.7 Å². The third-order valence-electron chi connectivity index (χ3n) is 6.59. The molecule has 118 valence electrons. The van der Waals surface area contributed by atoms with Gasteiger partial charge in [-0.2, -0.15) is 11.8 Å². The normalized spacial score (nSPS) is 47.8. The lowest BCUT2D eigenvalue weighted by Gasteiger charge is -2.55. The number of amides is 1. The minimum Gasteiger partial charge on any atom is -0.376 e.